The van der Waals surface area contributed by atoms with Gasteiger partial charge in [0, 0.05) is 19.3 Å². The van der Waals surface area contributed by atoms with E-state index in [0.29, 0.717) is 17.9 Å². The molecular formula is C20H20N2O3. The quantitative estimate of drug-likeness (QED) is 0.715. The number of rotatable bonds is 7. The fourth-order valence-electron chi connectivity index (χ4n) is 2.65. The summed E-state index contributed by atoms with van der Waals surface area (Å²) in [6, 6.07) is 17.0. The van der Waals surface area contributed by atoms with E-state index in [9.17, 15) is 9.59 Å². The number of carbonyl (C=O) groups excluding carboxylic acids is 2. The van der Waals surface area contributed by atoms with E-state index in [1.54, 1.807) is 0 Å². The van der Waals surface area contributed by atoms with Crippen LogP contribution in [0.25, 0.3) is 11.1 Å². The molecule has 0 aliphatic rings. The van der Waals surface area contributed by atoms with Gasteiger partial charge in [-0.05, 0) is 24.6 Å². The van der Waals surface area contributed by atoms with Crippen molar-refractivity contribution in [2.45, 2.75) is 32.2 Å². The maximum Gasteiger partial charge on any atom is 0.221 e. The molecule has 0 saturated heterocycles. The van der Waals surface area contributed by atoms with Crippen LogP contribution in [0.2, 0.25) is 0 Å². The third-order valence-corrected chi connectivity index (χ3v) is 3.93. The molecule has 1 unspecified atom stereocenters. The number of oxazole rings is 1. The number of aromatic nitrogens is 1. The van der Waals surface area contributed by atoms with Crippen LogP contribution in [0.5, 0.6) is 0 Å². The maximum atomic E-state index is 12.2. The molecule has 0 aliphatic carbocycles. The van der Waals surface area contributed by atoms with Crippen LogP contribution in [0.15, 0.2) is 59.0 Å². The largest absolute Gasteiger partial charge is 0.438 e. The molecule has 0 saturated carbocycles. The SMILES string of the molecule is CC(=O)CCC(=O)NC(Cc1ccccc1)c1nc2ccccc2o1. The van der Waals surface area contributed by atoms with Crippen molar-refractivity contribution >= 4 is 22.8 Å². The summed E-state index contributed by atoms with van der Waals surface area (Å²) in [4.78, 5) is 27.8. The number of fused-ring (bicyclic) bond motifs is 1. The topological polar surface area (TPSA) is 72.2 Å². The lowest BCUT2D eigenvalue weighted by atomic mass is 10.1. The molecule has 5 heteroatoms. The summed E-state index contributed by atoms with van der Waals surface area (Å²) in [5.74, 6) is 0.288. The number of benzene rings is 2. The highest BCUT2D eigenvalue weighted by molar-refractivity contribution is 5.83. The number of amides is 1. The molecule has 0 radical (unpaired) electrons. The van der Waals surface area contributed by atoms with Crippen LogP contribution in [0.4, 0.5) is 0 Å². The summed E-state index contributed by atoms with van der Waals surface area (Å²) in [6.07, 6.45) is 0.970. The van der Waals surface area contributed by atoms with E-state index in [4.69, 9.17) is 4.42 Å². The van der Waals surface area contributed by atoms with Gasteiger partial charge < -0.3 is 14.5 Å². The number of para-hydroxylation sites is 2. The molecule has 3 rings (SSSR count). The number of hydrogen-bond donors (Lipinski definition) is 1. The Labute approximate surface area is 146 Å². The number of nitrogens with one attached hydrogen (secondary N) is 1. The van der Waals surface area contributed by atoms with E-state index in [2.05, 4.69) is 10.3 Å². The van der Waals surface area contributed by atoms with Crippen LogP contribution in [-0.4, -0.2) is 16.7 Å². The van der Waals surface area contributed by atoms with Crippen LogP contribution in [-0.2, 0) is 16.0 Å². The Kier molecular flexibility index (Phi) is 5.23. The van der Waals surface area contributed by atoms with Crippen molar-refractivity contribution in [1.29, 1.82) is 0 Å². The fourth-order valence-corrected chi connectivity index (χ4v) is 2.65. The van der Waals surface area contributed by atoms with E-state index >= 15 is 0 Å². The zero-order valence-electron chi connectivity index (χ0n) is 14.1. The molecule has 0 spiro atoms. The first-order valence-electron chi connectivity index (χ1n) is 8.30. The first-order chi connectivity index (χ1) is 12.1. The molecule has 5 nitrogen and oxygen atoms in total. The Balaban J connectivity index is 1.82. The summed E-state index contributed by atoms with van der Waals surface area (Å²) in [5.41, 5.74) is 2.52. The molecule has 0 bridgehead atoms. The van der Waals surface area contributed by atoms with Crippen molar-refractivity contribution < 1.29 is 14.0 Å². The van der Waals surface area contributed by atoms with Gasteiger partial charge in [-0.3, -0.25) is 4.79 Å². The Bertz CT molecular complexity index is 838. The molecule has 25 heavy (non-hydrogen) atoms. The molecule has 0 fully saturated rings. The van der Waals surface area contributed by atoms with Crippen LogP contribution >= 0.6 is 0 Å². The molecule has 1 aromatic heterocycles. The van der Waals surface area contributed by atoms with Crippen LogP contribution in [0, 0.1) is 0 Å². The summed E-state index contributed by atoms with van der Waals surface area (Å²) in [7, 11) is 0. The highest BCUT2D eigenvalue weighted by Gasteiger charge is 2.21. The second-order valence-corrected chi connectivity index (χ2v) is 6.03. The third-order valence-electron chi connectivity index (χ3n) is 3.93. The Hall–Kier alpha value is -2.95. The predicted molar refractivity (Wildman–Crippen MR) is 95.0 cm³/mol. The summed E-state index contributed by atoms with van der Waals surface area (Å²) in [6.45, 7) is 1.48. The zero-order valence-corrected chi connectivity index (χ0v) is 14.1. The number of nitrogens with zero attached hydrogens (tertiary/aromatic N) is 1. The number of hydrogen-bond acceptors (Lipinski definition) is 4. The highest BCUT2D eigenvalue weighted by atomic mass is 16.3. The minimum Gasteiger partial charge on any atom is -0.438 e. The molecule has 1 N–H and O–H groups in total. The predicted octanol–water partition coefficient (Wildman–Crippen LogP) is 3.60. The second-order valence-electron chi connectivity index (χ2n) is 6.03. The van der Waals surface area contributed by atoms with Gasteiger partial charge in [0.1, 0.15) is 17.3 Å². The van der Waals surface area contributed by atoms with E-state index < -0.39 is 0 Å². The molecule has 1 heterocycles. The number of Topliss-reactive ketones (excluding diaryl/α,β-unsaturated/α-hetero) is 1. The van der Waals surface area contributed by atoms with E-state index in [1.807, 2.05) is 54.6 Å². The standard InChI is InChI=1S/C20H20N2O3/c1-14(23)11-12-19(24)21-17(13-15-7-3-2-4-8-15)20-22-16-9-5-6-10-18(16)25-20/h2-10,17H,11-13H2,1H3,(H,21,24). The zero-order chi connectivity index (χ0) is 17.6. The van der Waals surface area contributed by atoms with Crippen LogP contribution < -0.4 is 5.32 Å². The van der Waals surface area contributed by atoms with Gasteiger partial charge in [0.05, 0.1) is 0 Å². The minimum absolute atomic E-state index is 0.00313. The van der Waals surface area contributed by atoms with Gasteiger partial charge in [-0.1, -0.05) is 42.5 Å². The minimum atomic E-state index is -0.380. The molecule has 3 aromatic rings. The average molecular weight is 336 g/mol. The van der Waals surface area contributed by atoms with Gasteiger partial charge in [0.2, 0.25) is 11.8 Å². The normalized spacial score (nSPS) is 12.0. The monoisotopic (exact) mass is 336 g/mol. The van der Waals surface area contributed by atoms with Gasteiger partial charge >= 0.3 is 0 Å². The van der Waals surface area contributed by atoms with Crippen molar-refractivity contribution in [3.05, 3.63) is 66.1 Å². The molecular weight excluding hydrogens is 316 g/mol. The van der Waals surface area contributed by atoms with Crippen LogP contribution in [0.1, 0.15) is 37.3 Å². The van der Waals surface area contributed by atoms with Crippen LogP contribution in [0.3, 0.4) is 0 Å². The number of carbonyl (C=O) groups is 2. The van der Waals surface area contributed by atoms with Gasteiger partial charge in [0.25, 0.3) is 0 Å². The third kappa shape index (κ3) is 4.53. The Morgan fingerprint density at radius 3 is 2.48 bits per heavy atom. The van der Waals surface area contributed by atoms with Gasteiger partial charge in [0.15, 0.2) is 5.58 Å². The number of ketones is 1. The molecule has 1 atom stereocenters. The first kappa shape index (κ1) is 16.9. The van der Waals surface area contributed by atoms with Crippen molar-refractivity contribution in [3.63, 3.8) is 0 Å². The van der Waals surface area contributed by atoms with E-state index in [0.717, 1.165) is 11.1 Å². The molecule has 128 valence electrons. The summed E-state index contributed by atoms with van der Waals surface area (Å²) < 4.78 is 5.84. The average Bonchev–Trinajstić information content (AvgIpc) is 3.04. The van der Waals surface area contributed by atoms with E-state index in [1.165, 1.54) is 6.92 Å². The lowest BCUT2D eigenvalue weighted by Crippen LogP contribution is -2.30. The van der Waals surface area contributed by atoms with Crippen molar-refractivity contribution in [2.24, 2.45) is 0 Å². The van der Waals surface area contributed by atoms with Crippen molar-refractivity contribution in [3.8, 4) is 0 Å². The van der Waals surface area contributed by atoms with Gasteiger partial charge in [-0.15, -0.1) is 0 Å². The maximum absolute atomic E-state index is 12.2. The Morgan fingerprint density at radius 1 is 1.04 bits per heavy atom. The molecule has 2 aromatic carbocycles. The lowest BCUT2D eigenvalue weighted by molar-refractivity contribution is -0.125. The van der Waals surface area contributed by atoms with Crippen molar-refractivity contribution in [1.82, 2.24) is 10.3 Å². The Morgan fingerprint density at radius 2 is 1.76 bits per heavy atom. The highest BCUT2D eigenvalue weighted by Crippen LogP contribution is 2.23. The van der Waals surface area contributed by atoms with Crippen molar-refractivity contribution in [2.75, 3.05) is 0 Å². The lowest BCUT2D eigenvalue weighted by Gasteiger charge is -2.15. The first-order valence-corrected chi connectivity index (χ1v) is 8.30. The van der Waals surface area contributed by atoms with Gasteiger partial charge in [-0.2, -0.15) is 0 Å². The van der Waals surface area contributed by atoms with E-state index in [-0.39, 0.29) is 30.6 Å². The molecule has 0 aliphatic heterocycles. The fraction of sp³-hybridized carbons (Fsp3) is 0.250. The second kappa shape index (κ2) is 7.75. The van der Waals surface area contributed by atoms with Gasteiger partial charge in [-0.25, -0.2) is 4.98 Å². The molecule has 1 amide bonds. The summed E-state index contributed by atoms with van der Waals surface area (Å²) in [5, 5.41) is 2.95. The smallest absolute Gasteiger partial charge is 0.221 e. The summed E-state index contributed by atoms with van der Waals surface area (Å²) >= 11 is 0.